The number of carbonyl (C=O) groups excluding carboxylic acids is 1. The molecule has 3 heteroatoms. The summed E-state index contributed by atoms with van der Waals surface area (Å²) >= 11 is 3.44. The monoisotopic (exact) mass is 348 g/mol. The molecule has 0 unspecified atom stereocenters. The van der Waals surface area contributed by atoms with Crippen molar-refractivity contribution in [2.45, 2.75) is 50.9 Å². The summed E-state index contributed by atoms with van der Waals surface area (Å²) in [6.45, 7) is 1.55. The number of rotatable bonds is 2. The molecule has 4 bridgehead atoms. The van der Waals surface area contributed by atoms with Gasteiger partial charge in [-0.05, 0) is 90.6 Å². The maximum Gasteiger partial charge on any atom is 0.161 e. The van der Waals surface area contributed by atoms with Crippen LogP contribution < -0.4 is 0 Å². The summed E-state index contributed by atoms with van der Waals surface area (Å²) in [5.41, 5.74) is 1.83. The van der Waals surface area contributed by atoms with Gasteiger partial charge in [0.2, 0.25) is 0 Å². The second kappa shape index (κ2) is 4.58. The largest absolute Gasteiger partial charge is 0.506 e. The van der Waals surface area contributed by atoms with Crippen LogP contribution in [0.5, 0.6) is 5.75 Å². The molecule has 0 amide bonds. The van der Waals surface area contributed by atoms with Crippen LogP contribution in [0.15, 0.2) is 16.6 Å². The molecular weight excluding hydrogens is 328 g/mol. The third kappa shape index (κ3) is 2.00. The molecule has 5 rings (SSSR count). The van der Waals surface area contributed by atoms with Crippen molar-refractivity contribution in [3.63, 3.8) is 0 Å². The number of halogens is 1. The van der Waals surface area contributed by atoms with Crippen molar-refractivity contribution >= 4 is 21.7 Å². The number of carbonyl (C=O) groups is 1. The van der Waals surface area contributed by atoms with Gasteiger partial charge in [-0.1, -0.05) is 6.07 Å². The molecule has 4 aliphatic carbocycles. The maximum absolute atomic E-state index is 11.6. The van der Waals surface area contributed by atoms with Crippen LogP contribution in [0.1, 0.15) is 61.4 Å². The van der Waals surface area contributed by atoms with Gasteiger partial charge in [-0.3, -0.25) is 4.79 Å². The predicted molar refractivity (Wildman–Crippen MR) is 85.7 cm³/mol. The Balaban J connectivity index is 1.80. The molecule has 0 aromatic heterocycles. The third-order valence-electron chi connectivity index (χ3n) is 6.11. The Labute approximate surface area is 134 Å². The topological polar surface area (TPSA) is 37.3 Å². The number of phenols is 1. The van der Waals surface area contributed by atoms with Crippen LogP contribution >= 0.6 is 15.9 Å². The smallest absolute Gasteiger partial charge is 0.161 e. The molecule has 0 aliphatic heterocycles. The summed E-state index contributed by atoms with van der Waals surface area (Å²) in [6.07, 6.45) is 7.85. The Morgan fingerprint density at radius 3 is 2.14 bits per heavy atom. The summed E-state index contributed by atoms with van der Waals surface area (Å²) in [7, 11) is 0. The number of hydrogen-bond donors (Lipinski definition) is 1. The fourth-order valence-corrected chi connectivity index (χ4v) is 6.33. The van der Waals surface area contributed by atoms with E-state index in [1.54, 1.807) is 6.92 Å². The molecule has 1 aromatic carbocycles. The molecule has 1 N–H and O–H groups in total. The van der Waals surface area contributed by atoms with Crippen LogP contribution in [0.25, 0.3) is 0 Å². The van der Waals surface area contributed by atoms with Gasteiger partial charge in [-0.15, -0.1) is 0 Å². The number of Topliss-reactive ketones (excluding diaryl/α,β-unsaturated/α-hetero) is 1. The molecule has 4 saturated carbocycles. The minimum atomic E-state index is -0.00534. The number of hydrogen-bond acceptors (Lipinski definition) is 2. The Morgan fingerprint density at radius 2 is 1.67 bits per heavy atom. The minimum Gasteiger partial charge on any atom is -0.506 e. The summed E-state index contributed by atoms with van der Waals surface area (Å²) in [6, 6.07) is 3.91. The Hall–Kier alpha value is -0.830. The molecule has 0 saturated heterocycles. The summed E-state index contributed by atoms with van der Waals surface area (Å²) in [5, 5.41) is 10.7. The van der Waals surface area contributed by atoms with E-state index in [0.717, 1.165) is 23.3 Å². The second-order valence-electron chi connectivity index (χ2n) is 7.58. The lowest BCUT2D eigenvalue weighted by Gasteiger charge is -2.57. The van der Waals surface area contributed by atoms with Gasteiger partial charge in [-0.25, -0.2) is 0 Å². The highest BCUT2D eigenvalue weighted by Gasteiger charge is 2.52. The van der Waals surface area contributed by atoms with Gasteiger partial charge in [0.25, 0.3) is 0 Å². The molecule has 0 atom stereocenters. The quantitative estimate of drug-likeness (QED) is 0.777. The van der Waals surface area contributed by atoms with E-state index in [1.807, 2.05) is 12.1 Å². The molecule has 2 nitrogen and oxygen atoms in total. The first-order valence-corrected chi connectivity index (χ1v) is 8.81. The van der Waals surface area contributed by atoms with Crippen molar-refractivity contribution in [2.75, 3.05) is 0 Å². The van der Waals surface area contributed by atoms with Crippen LogP contribution in [0, 0.1) is 17.8 Å². The van der Waals surface area contributed by atoms with Gasteiger partial charge in [0.1, 0.15) is 5.75 Å². The van der Waals surface area contributed by atoms with Crippen molar-refractivity contribution in [1.82, 2.24) is 0 Å². The van der Waals surface area contributed by atoms with E-state index in [0.29, 0.717) is 15.8 Å². The molecule has 0 heterocycles. The number of benzene rings is 1. The first-order valence-electron chi connectivity index (χ1n) is 8.01. The van der Waals surface area contributed by atoms with Crippen molar-refractivity contribution < 1.29 is 9.90 Å². The van der Waals surface area contributed by atoms with Crippen LogP contribution in [-0.4, -0.2) is 10.9 Å². The standard InChI is InChI=1S/C18H21BrO2/c1-10(20)14-2-3-15(17(21)16(14)19)18-7-11-4-12(8-18)6-13(5-11)9-18/h2-3,11-13,21H,4-9H2,1H3. The minimum absolute atomic E-state index is 0.00534. The molecule has 1 aromatic rings. The van der Waals surface area contributed by atoms with Crippen molar-refractivity contribution in [1.29, 1.82) is 0 Å². The highest BCUT2D eigenvalue weighted by molar-refractivity contribution is 9.10. The number of phenolic OH excluding ortho intramolecular Hbond substituents is 1. The lowest BCUT2D eigenvalue weighted by molar-refractivity contribution is -0.00618. The SMILES string of the molecule is CC(=O)c1ccc(C23CC4CC(CC(C4)C2)C3)c(O)c1Br. The van der Waals surface area contributed by atoms with Crippen LogP contribution in [-0.2, 0) is 5.41 Å². The Morgan fingerprint density at radius 1 is 1.14 bits per heavy atom. The van der Waals surface area contributed by atoms with Gasteiger partial charge >= 0.3 is 0 Å². The van der Waals surface area contributed by atoms with Crippen LogP contribution in [0.2, 0.25) is 0 Å². The molecule has 4 aliphatic rings. The fraction of sp³-hybridized carbons (Fsp3) is 0.611. The highest BCUT2D eigenvalue weighted by atomic mass is 79.9. The Kier molecular flexibility index (Phi) is 3.01. The lowest BCUT2D eigenvalue weighted by Crippen LogP contribution is -2.48. The summed E-state index contributed by atoms with van der Waals surface area (Å²) in [5.74, 6) is 2.85. The number of aromatic hydroxyl groups is 1. The molecule has 4 fully saturated rings. The predicted octanol–water partition coefficient (Wildman–Crippen LogP) is 4.83. The second-order valence-corrected chi connectivity index (χ2v) is 8.37. The Bertz CT molecular complexity index is 585. The summed E-state index contributed by atoms with van der Waals surface area (Å²) < 4.78 is 0.586. The van der Waals surface area contributed by atoms with Gasteiger partial charge in [-0.2, -0.15) is 0 Å². The van der Waals surface area contributed by atoms with Gasteiger partial charge in [0.15, 0.2) is 5.78 Å². The van der Waals surface area contributed by atoms with E-state index in [2.05, 4.69) is 15.9 Å². The van der Waals surface area contributed by atoms with E-state index in [1.165, 1.54) is 38.5 Å². The van der Waals surface area contributed by atoms with Crippen molar-refractivity contribution in [3.05, 3.63) is 27.7 Å². The zero-order valence-corrected chi connectivity index (χ0v) is 13.9. The van der Waals surface area contributed by atoms with Crippen LogP contribution in [0.3, 0.4) is 0 Å². The molecule has 0 radical (unpaired) electrons. The molecule has 112 valence electrons. The maximum atomic E-state index is 11.6. The van der Waals surface area contributed by atoms with E-state index < -0.39 is 0 Å². The number of ketones is 1. The zero-order valence-electron chi connectivity index (χ0n) is 12.4. The van der Waals surface area contributed by atoms with Crippen molar-refractivity contribution in [3.8, 4) is 5.75 Å². The average Bonchev–Trinajstić information content (AvgIpc) is 2.39. The first kappa shape index (κ1) is 13.8. The van der Waals surface area contributed by atoms with E-state index in [9.17, 15) is 9.90 Å². The van der Waals surface area contributed by atoms with Crippen LogP contribution in [0.4, 0.5) is 0 Å². The summed E-state index contributed by atoms with van der Waals surface area (Å²) in [4.78, 5) is 11.6. The van der Waals surface area contributed by atoms with Gasteiger partial charge < -0.3 is 5.11 Å². The highest BCUT2D eigenvalue weighted by Crippen LogP contribution is 2.62. The normalized spacial score (nSPS) is 37.0. The van der Waals surface area contributed by atoms with E-state index >= 15 is 0 Å². The van der Waals surface area contributed by atoms with Gasteiger partial charge in [0.05, 0.1) is 4.47 Å². The molecule has 0 spiro atoms. The lowest BCUT2D eigenvalue weighted by atomic mass is 9.48. The molecular formula is C18H21BrO2. The van der Waals surface area contributed by atoms with Crippen molar-refractivity contribution in [2.24, 2.45) is 17.8 Å². The van der Waals surface area contributed by atoms with E-state index in [-0.39, 0.29) is 11.2 Å². The zero-order chi connectivity index (χ0) is 14.8. The van der Waals surface area contributed by atoms with Gasteiger partial charge in [0, 0.05) is 11.1 Å². The first-order chi connectivity index (χ1) is 9.98. The molecule has 21 heavy (non-hydrogen) atoms. The van der Waals surface area contributed by atoms with E-state index in [4.69, 9.17) is 0 Å². The average molecular weight is 349 g/mol. The fourth-order valence-electron chi connectivity index (χ4n) is 5.70. The third-order valence-corrected chi connectivity index (χ3v) is 6.91.